The third-order valence-electron chi connectivity index (χ3n) is 1.65. The van der Waals surface area contributed by atoms with Gasteiger partial charge in [0.15, 0.2) is 5.56 Å². The van der Waals surface area contributed by atoms with Gasteiger partial charge in [0.2, 0.25) is 0 Å². The summed E-state index contributed by atoms with van der Waals surface area (Å²) in [6, 6.07) is 2.10. The first-order chi connectivity index (χ1) is 6.99. The predicted molar refractivity (Wildman–Crippen MR) is 52.1 cm³/mol. The van der Waals surface area contributed by atoms with E-state index in [4.69, 9.17) is 0 Å². The number of hydrogen-bond donors (Lipinski definition) is 0. The van der Waals surface area contributed by atoms with E-state index in [1.54, 1.807) is 0 Å². The van der Waals surface area contributed by atoms with E-state index < -0.39 is 28.0 Å². The van der Waals surface area contributed by atoms with Crippen LogP contribution in [0.4, 0.5) is 10.1 Å². The molecule has 0 amide bonds. The minimum atomic E-state index is -1.08. The maximum atomic E-state index is 13.2. The molecular weight excluding hydrogens is 273 g/mol. The Hall–Kier alpha value is -1.50. The molecule has 0 spiro atoms. The predicted octanol–water partition coefficient (Wildman–Crippen LogP) is 2.28. The summed E-state index contributed by atoms with van der Waals surface area (Å²) in [5.74, 6) is -2.07. The van der Waals surface area contributed by atoms with Crippen molar-refractivity contribution in [3.63, 3.8) is 0 Å². The van der Waals surface area contributed by atoms with Gasteiger partial charge in [-0.15, -0.1) is 0 Å². The average molecular weight is 278 g/mol. The molecule has 0 aliphatic rings. The minimum absolute atomic E-state index is 0.0225. The minimum Gasteiger partial charge on any atom is -0.465 e. The number of ether oxygens (including phenoxy) is 1. The van der Waals surface area contributed by atoms with Crippen LogP contribution in [-0.4, -0.2) is 18.0 Å². The molecule has 5 nitrogen and oxygen atoms in total. The molecule has 0 radical (unpaired) electrons. The molecule has 0 heterocycles. The van der Waals surface area contributed by atoms with Crippen LogP contribution in [0.1, 0.15) is 10.4 Å². The molecule has 0 saturated heterocycles. The Kier molecular flexibility index (Phi) is 3.35. The molecule has 1 aromatic rings. The highest BCUT2D eigenvalue weighted by Gasteiger charge is 2.28. The number of nitro groups is 1. The normalized spacial score (nSPS) is 9.80. The lowest BCUT2D eigenvalue weighted by Gasteiger charge is -2.03. The number of benzene rings is 1. The number of rotatable bonds is 2. The van der Waals surface area contributed by atoms with Gasteiger partial charge < -0.3 is 4.74 Å². The van der Waals surface area contributed by atoms with Gasteiger partial charge in [-0.25, -0.2) is 9.18 Å². The van der Waals surface area contributed by atoms with Crippen molar-refractivity contribution < 1.29 is 18.8 Å². The average Bonchev–Trinajstić information content (AvgIpc) is 2.19. The van der Waals surface area contributed by atoms with Crippen molar-refractivity contribution in [3.8, 4) is 0 Å². The quantitative estimate of drug-likeness (QED) is 0.472. The van der Waals surface area contributed by atoms with Crippen molar-refractivity contribution in [2.75, 3.05) is 7.11 Å². The summed E-state index contributed by atoms with van der Waals surface area (Å²) < 4.78 is 17.5. The number of nitrogens with zero attached hydrogens (tertiary/aromatic N) is 1. The summed E-state index contributed by atoms with van der Waals surface area (Å²) in [5, 5.41) is 10.6. The summed E-state index contributed by atoms with van der Waals surface area (Å²) in [7, 11) is 1.02. The van der Waals surface area contributed by atoms with Crippen LogP contribution in [0, 0.1) is 15.9 Å². The number of hydrogen-bond acceptors (Lipinski definition) is 4. The Morgan fingerprint density at radius 2 is 2.20 bits per heavy atom. The van der Waals surface area contributed by atoms with Crippen LogP contribution in [0.5, 0.6) is 0 Å². The van der Waals surface area contributed by atoms with Gasteiger partial charge in [-0.2, -0.15) is 0 Å². The van der Waals surface area contributed by atoms with Crippen LogP contribution in [0.25, 0.3) is 0 Å². The number of nitro benzene ring substituents is 1. The first kappa shape index (κ1) is 11.6. The van der Waals surface area contributed by atoms with E-state index in [-0.39, 0.29) is 4.47 Å². The maximum Gasteiger partial charge on any atom is 0.347 e. The Labute approximate surface area is 92.1 Å². The van der Waals surface area contributed by atoms with Gasteiger partial charge in [0.1, 0.15) is 5.82 Å². The fourth-order valence-corrected chi connectivity index (χ4v) is 1.49. The van der Waals surface area contributed by atoms with E-state index in [1.807, 2.05) is 0 Å². The third-order valence-corrected chi connectivity index (χ3v) is 2.29. The lowest BCUT2D eigenvalue weighted by Crippen LogP contribution is -2.09. The zero-order valence-corrected chi connectivity index (χ0v) is 9.08. The zero-order chi connectivity index (χ0) is 11.6. The van der Waals surface area contributed by atoms with Gasteiger partial charge in [0.05, 0.1) is 16.5 Å². The van der Waals surface area contributed by atoms with Crippen LogP contribution in [0.3, 0.4) is 0 Å². The fraction of sp³-hybridized carbons (Fsp3) is 0.125. The second-order valence-electron chi connectivity index (χ2n) is 2.50. The number of methoxy groups -OCH3 is 1. The number of carbonyl (C=O) groups excluding carboxylic acids is 1. The Morgan fingerprint density at radius 3 is 2.67 bits per heavy atom. The van der Waals surface area contributed by atoms with Gasteiger partial charge in [0.25, 0.3) is 0 Å². The highest BCUT2D eigenvalue weighted by atomic mass is 79.9. The van der Waals surface area contributed by atoms with Crippen molar-refractivity contribution in [2.24, 2.45) is 0 Å². The Balaban J connectivity index is 3.52. The van der Waals surface area contributed by atoms with Crippen molar-refractivity contribution in [3.05, 3.63) is 38.1 Å². The van der Waals surface area contributed by atoms with Crippen LogP contribution >= 0.6 is 15.9 Å². The highest BCUT2D eigenvalue weighted by Crippen LogP contribution is 2.31. The molecule has 80 valence electrons. The van der Waals surface area contributed by atoms with Gasteiger partial charge >= 0.3 is 11.7 Å². The molecule has 7 heteroatoms. The fourth-order valence-electron chi connectivity index (χ4n) is 1.02. The second-order valence-corrected chi connectivity index (χ2v) is 3.36. The van der Waals surface area contributed by atoms with Crippen molar-refractivity contribution in [1.82, 2.24) is 0 Å². The van der Waals surface area contributed by atoms with Gasteiger partial charge in [0, 0.05) is 0 Å². The van der Waals surface area contributed by atoms with E-state index in [9.17, 15) is 19.3 Å². The van der Waals surface area contributed by atoms with Crippen molar-refractivity contribution in [1.29, 1.82) is 0 Å². The molecule has 0 saturated carbocycles. The maximum absolute atomic E-state index is 13.2. The lowest BCUT2D eigenvalue weighted by molar-refractivity contribution is -0.386. The second kappa shape index (κ2) is 4.35. The third kappa shape index (κ3) is 2.12. The molecule has 0 aromatic heterocycles. The molecule has 0 aliphatic heterocycles. The molecule has 0 unspecified atom stereocenters. The first-order valence-electron chi connectivity index (χ1n) is 3.69. The van der Waals surface area contributed by atoms with Gasteiger partial charge in [-0.3, -0.25) is 10.1 Å². The molecular formula is C8H5BrFNO4. The van der Waals surface area contributed by atoms with Gasteiger partial charge in [-0.05, 0) is 28.1 Å². The van der Waals surface area contributed by atoms with Crippen LogP contribution < -0.4 is 0 Å². The largest absolute Gasteiger partial charge is 0.465 e. The van der Waals surface area contributed by atoms with Crippen LogP contribution in [0.15, 0.2) is 16.6 Å². The van der Waals surface area contributed by atoms with Crippen molar-refractivity contribution >= 4 is 27.6 Å². The summed E-state index contributed by atoms with van der Waals surface area (Å²) in [6.07, 6.45) is 0. The van der Waals surface area contributed by atoms with E-state index in [0.29, 0.717) is 0 Å². The topological polar surface area (TPSA) is 69.4 Å². The number of carbonyl (C=O) groups is 1. The summed E-state index contributed by atoms with van der Waals surface area (Å²) in [5.41, 5.74) is -1.32. The lowest BCUT2D eigenvalue weighted by atomic mass is 10.1. The molecule has 15 heavy (non-hydrogen) atoms. The zero-order valence-electron chi connectivity index (χ0n) is 7.49. The molecule has 0 fully saturated rings. The van der Waals surface area contributed by atoms with Crippen LogP contribution in [0.2, 0.25) is 0 Å². The smallest absolute Gasteiger partial charge is 0.347 e. The molecule has 0 aliphatic carbocycles. The summed E-state index contributed by atoms with van der Waals surface area (Å²) in [4.78, 5) is 20.9. The highest BCUT2D eigenvalue weighted by molar-refractivity contribution is 9.10. The van der Waals surface area contributed by atoms with Crippen LogP contribution in [-0.2, 0) is 4.74 Å². The Bertz CT molecular complexity index is 435. The Morgan fingerprint density at radius 1 is 1.60 bits per heavy atom. The molecule has 1 rings (SSSR count). The molecule has 0 atom stereocenters. The van der Waals surface area contributed by atoms with E-state index in [2.05, 4.69) is 20.7 Å². The molecule has 0 bridgehead atoms. The van der Waals surface area contributed by atoms with E-state index >= 15 is 0 Å². The monoisotopic (exact) mass is 277 g/mol. The van der Waals surface area contributed by atoms with Gasteiger partial charge in [-0.1, -0.05) is 0 Å². The van der Waals surface area contributed by atoms with E-state index in [1.165, 1.54) is 0 Å². The SMILES string of the molecule is COC(=O)c1c(F)ccc(Br)c1[N+](=O)[O-]. The summed E-state index contributed by atoms with van der Waals surface area (Å²) in [6.45, 7) is 0. The number of halogens is 2. The van der Waals surface area contributed by atoms with Crippen molar-refractivity contribution in [2.45, 2.75) is 0 Å². The molecule has 1 aromatic carbocycles. The first-order valence-corrected chi connectivity index (χ1v) is 4.49. The standard InChI is InChI=1S/C8H5BrFNO4/c1-15-8(12)6-5(10)3-2-4(9)7(6)11(13)14/h2-3H,1H3. The molecule has 0 N–H and O–H groups in total. The van der Waals surface area contributed by atoms with E-state index in [0.717, 1.165) is 19.2 Å². The number of esters is 1. The summed E-state index contributed by atoms with van der Waals surface area (Å²) >= 11 is 2.86.